The SMILES string of the molecule is CN=C(NC)NC(C)Cc1c(C)nn(C)c1C. The van der Waals surface area contributed by atoms with Crippen molar-refractivity contribution in [2.45, 2.75) is 33.2 Å². The lowest BCUT2D eigenvalue weighted by Crippen LogP contribution is -2.41. The molecule has 0 aliphatic heterocycles. The maximum Gasteiger partial charge on any atom is 0.190 e. The normalized spacial score (nSPS) is 13.6. The summed E-state index contributed by atoms with van der Waals surface area (Å²) in [4.78, 5) is 4.11. The van der Waals surface area contributed by atoms with Crippen LogP contribution < -0.4 is 10.6 Å². The Labute approximate surface area is 103 Å². The topological polar surface area (TPSA) is 54.2 Å². The first-order valence-corrected chi connectivity index (χ1v) is 5.89. The Bertz CT molecular complexity index is 405. The van der Waals surface area contributed by atoms with E-state index in [1.807, 2.05) is 18.8 Å². The van der Waals surface area contributed by atoms with Gasteiger partial charge in [-0.2, -0.15) is 5.10 Å². The number of nitrogens with one attached hydrogen (secondary N) is 2. The van der Waals surface area contributed by atoms with Gasteiger partial charge in [-0.1, -0.05) is 0 Å². The Morgan fingerprint density at radius 3 is 2.53 bits per heavy atom. The zero-order valence-electron chi connectivity index (χ0n) is 11.6. The van der Waals surface area contributed by atoms with Crippen molar-refractivity contribution in [2.75, 3.05) is 14.1 Å². The van der Waals surface area contributed by atoms with Crippen molar-refractivity contribution in [3.8, 4) is 0 Å². The van der Waals surface area contributed by atoms with E-state index >= 15 is 0 Å². The highest BCUT2D eigenvalue weighted by molar-refractivity contribution is 5.79. The van der Waals surface area contributed by atoms with E-state index in [0.29, 0.717) is 6.04 Å². The van der Waals surface area contributed by atoms with Gasteiger partial charge in [-0.05, 0) is 32.8 Å². The number of hydrogen-bond acceptors (Lipinski definition) is 2. The molecule has 0 radical (unpaired) electrons. The lowest BCUT2D eigenvalue weighted by Gasteiger charge is -2.16. The molecular weight excluding hydrogens is 214 g/mol. The number of nitrogens with zero attached hydrogens (tertiary/aromatic N) is 3. The number of guanidine groups is 1. The number of hydrogen-bond donors (Lipinski definition) is 2. The Hall–Kier alpha value is -1.52. The van der Waals surface area contributed by atoms with Gasteiger partial charge >= 0.3 is 0 Å². The van der Waals surface area contributed by atoms with Crippen molar-refractivity contribution in [3.63, 3.8) is 0 Å². The van der Waals surface area contributed by atoms with Gasteiger partial charge in [-0.3, -0.25) is 9.67 Å². The van der Waals surface area contributed by atoms with Crippen LogP contribution in [0.2, 0.25) is 0 Å². The molecule has 1 atom stereocenters. The van der Waals surface area contributed by atoms with Gasteiger partial charge in [0.25, 0.3) is 0 Å². The molecule has 1 aromatic heterocycles. The van der Waals surface area contributed by atoms with Gasteiger partial charge in [0.2, 0.25) is 0 Å². The van der Waals surface area contributed by atoms with Crippen molar-refractivity contribution in [2.24, 2.45) is 12.0 Å². The van der Waals surface area contributed by atoms with Crippen LogP contribution in [-0.2, 0) is 13.5 Å². The third kappa shape index (κ3) is 3.22. The summed E-state index contributed by atoms with van der Waals surface area (Å²) in [6, 6.07) is 0.322. The molecule has 96 valence electrons. The molecule has 0 amide bonds. The number of aromatic nitrogens is 2. The highest BCUT2D eigenvalue weighted by Crippen LogP contribution is 2.13. The van der Waals surface area contributed by atoms with Crippen molar-refractivity contribution >= 4 is 5.96 Å². The van der Waals surface area contributed by atoms with Crippen LogP contribution >= 0.6 is 0 Å². The summed E-state index contributed by atoms with van der Waals surface area (Å²) >= 11 is 0. The standard InChI is InChI=1S/C12H23N5/c1-8(15-12(13-4)14-5)7-11-9(2)16-17(6)10(11)3/h8H,7H2,1-6H3,(H2,13,14,15). The van der Waals surface area contributed by atoms with Gasteiger partial charge in [0.1, 0.15) is 0 Å². The second kappa shape index (κ2) is 5.70. The summed E-state index contributed by atoms with van der Waals surface area (Å²) in [5.41, 5.74) is 3.66. The van der Waals surface area contributed by atoms with Crippen molar-refractivity contribution in [1.29, 1.82) is 0 Å². The van der Waals surface area contributed by atoms with E-state index in [2.05, 4.69) is 41.5 Å². The summed E-state index contributed by atoms with van der Waals surface area (Å²) in [5, 5.41) is 10.8. The van der Waals surface area contributed by atoms with E-state index in [-0.39, 0.29) is 0 Å². The van der Waals surface area contributed by atoms with Gasteiger partial charge in [0.05, 0.1) is 5.69 Å². The van der Waals surface area contributed by atoms with Gasteiger partial charge in [0.15, 0.2) is 5.96 Å². The molecule has 1 heterocycles. The highest BCUT2D eigenvalue weighted by Gasteiger charge is 2.13. The molecule has 5 nitrogen and oxygen atoms in total. The molecule has 17 heavy (non-hydrogen) atoms. The maximum absolute atomic E-state index is 4.43. The minimum atomic E-state index is 0.322. The fourth-order valence-corrected chi connectivity index (χ4v) is 1.95. The van der Waals surface area contributed by atoms with E-state index in [1.54, 1.807) is 7.05 Å². The average molecular weight is 237 g/mol. The summed E-state index contributed by atoms with van der Waals surface area (Å²) in [7, 11) is 5.62. The molecule has 1 rings (SSSR count). The van der Waals surface area contributed by atoms with Crippen LogP contribution in [0, 0.1) is 13.8 Å². The zero-order valence-corrected chi connectivity index (χ0v) is 11.6. The Balaban J connectivity index is 2.71. The molecule has 0 aliphatic rings. The van der Waals surface area contributed by atoms with Crippen molar-refractivity contribution in [3.05, 3.63) is 17.0 Å². The number of aryl methyl sites for hydroxylation is 2. The summed E-state index contributed by atoms with van der Waals surface area (Å²) < 4.78 is 1.93. The smallest absolute Gasteiger partial charge is 0.190 e. The van der Waals surface area contributed by atoms with Crippen molar-refractivity contribution in [1.82, 2.24) is 20.4 Å². The molecule has 0 saturated heterocycles. The summed E-state index contributed by atoms with van der Waals surface area (Å²) in [6.07, 6.45) is 0.951. The van der Waals surface area contributed by atoms with E-state index < -0.39 is 0 Å². The molecular formula is C12H23N5. The molecule has 0 aliphatic carbocycles. The molecule has 1 unspecified atom stereocenters. The van der Waals surface area contributed by atoms with Crippen molar-refractivity contribution < 1.29 is 0 Å². The quantitative estimate of drug-likeness (QED) is 0.603. The number of rotatable bonds is 3. The van der Waals surface area contributed by atoms with Crippen LogP contribution in [0.15, 0.2) is 4.99 Å². The molecule has 1 aromatic rings. The first-order chi connectivity index (χ1) is 7.99. The largest absolute Gasteiger partial charge is 0.359 e. The van der Waals surface area contributed by atoms with E-state index in [9.17, 15) is 0 Å². The van der Waals surface area contributed by atoms with Crippen LogP contribution in [0.4, 0.5) is 0 Å². The Morgan fingerprint density at radius 2 is 2.12 bits per heavy atom. The zero-order chi connectivity index (χ0) is 13.0. The molecule has 5 heteroatoms. The van der Waals surface area contributed by atoms with Gasteiger partial charge < -0.3 is 10.6 Å². The molecule has 2 N–H and O–H groups in total. The van der Waals surface area contributed by atoms with Gasteiger partial charge in [-0.15, -0.1) is 0 Å². The van der Waals surface area contributed by atoms with E-state index in [1.165, 1.54) is 11.3 Å². The Morgan fingerprint density at radius 1 is 1.47 bits per heavy atom. The van der Waals surface area contributed by atoms with E-state index in [0.717, 1.165) is 18.1 Å². The molecule has 0 saturated carbocycles. The fourth-order valence-electron chi connectivity index (χ4n) is 1.95. The minimum Gasteiger partial charge on any atom is -0.359 e. The average Bonchev–Trinajstić information content (AvgIpc) is 2.53. The monoisotopic (exact) mass is 237 g/mol. The molecule has 0 bridgehead atoms. The summed E-state index contributed by atoms with van der Waals surface area (Å²) in [6.45, 7) is 6.31. The Kier molecular flexibility index (Phi) is 4.54. The predicted octanol–water partition coefficient (Wildman–Crippen LogP) is 0.763. The minimum absolute atomic E-state index is 0.322. The molecule has 0 aromatic carbocycles. The fraction of sp³-hybridized carbons (Fsp3) is 0.667. The van der Waals surface area contributed by atoms with Crippen LogP contribution in [0.25, 0.3) is 0 Å². The lowest BCUT2D eigenvalue weighted by atomic mass is 10.1. The second-order valence-corrected chi connectivity index (χ2v) is 4.34. The van der Waals surface area contributed by atoms with Gasteiger partial charge in [0, 0.05) is 32.9 Å². The van der Waals surface area contributed by atoms with Gasteiger partial charge in [-0.25, -0.2) is 0 Å². The maximum atomic E-state index is 4.43. The summed E-state index contributed by atoms with van der Waals surface area (Å²) in [5.74, 6) is 0.816. The first kappa shape index (κ1) is 13.5. The van der Waals surface area contributed by atoms with Crippen LogP contribution in [0.1, 0.15) is 23.9 Å². The predicted molar refractivity (Wildman–Crippen MR) is 71.4 cm³/mol. The molecule has 0 spiro atoms. The van der Waals surface area contributed by atoms with E-state index in [4.69, 9.17) is 0 Å². The highest BCUT2D eigenvalue weighted by atomic mass is 15.3. The van der Waals surface area contributed by atoms with Crippen LogP contribution in [0.5, 0.6) is 0 Å². The third-order valence-corrected chi connectivity index (χ3v) is 3.01. The van der Waals surface area contributed by atoms with Crippen LogP contribution in [0.3, 0.4) is 0 Å². The second-order valence-electron chi connectivity index (χ2n) is 4.34. The molecule has 0 fully saturated rings. The third-order valence-electron chi connectivity index (χ3n) is 3.01. The lowest BCUT2D eigenvalue weighted by molar-refractivity contribution is 0.642. The first-order valence-electron chi connectivity index (χ1n) is 5.89. The van der Waals surface area contributed by atoms with Crippen LogP contribution in [-0.4, -0.2) is 35.9 Å². The number of aliphatic imine (C=N–C) groups is 1.